The van der Waals surface area contributed by atoms with Crippen LogP contribution < -0.4 is 14.2 Å². The van der Waals surface area contributed by atoms with Crippen LogP contribution in [0.3, 0.4) is 0 Å². The molecule has 3 aromatic carbocycles. The number of sulfonamides is 1. The van der Waals surface area contributed by atoms with Crippen molar-refractivity contribution in [3.63, 3.8) is 0 Å². The van der Waals surface area contributed by atoms with Crippen LogP contribution in [0.4, 0.5) is 5.69 Å². The quantitative estimate of drug-likeness (QED) is 0.301. The first-order valence-electron chi connectivity index (χ1n) is 10.8. The lowest BCUT2D eigenvalue weighted by Crippen LogP contribution is -2.17. The monoisotopic (exact) mass is 531 g/mol. The number of hydrogen-bond donors (Lipinski definition) is 1. The number of halogens is 1. The van der Waals surface area contributed by atoms with Crippen LogP contribution in [0.2, 0.25) is 5.02 Å². The summed E-state index contributed by atoms with van der Waals surface area (Å²) in [5.74, 6) is -0.684. The molecule has 0 aliphatic rings. The fraction of sp³-hybridized carbons (Fsp3) is 0.231. The fourth-order valence-electron chi connectivity index (χ4n) is 3.37. The third-order valence-corrected chi connectivity index (χ3v) is 7.40. The number of hydrogen-bond acceptors (Lipinski definition) is 7. The van der Waals surface area contributed by atoms with Crippen molar-refractivity contribution in [2.45, 2.75) is 25.7 Å². The maximum atomic E-state index is 13.2. The molecule has 0 radical (unpaired) electrons. The van der Waals surface area contributed by atoms with Crippen molar-refractivity contribution < 1.29 is 32.2 Å². The summed E-state index contributed by atoms with van der Waals surface area (Å²) in [5.41, 5.74) is 2.88. The SMILES string of the molecule is COc1cc(OC)c(NS(=O)(=O)c2cc(C(=O)OCC(=O)c3ccc(C)c(C)c3)ccc2C)cc1Cl. The lowest BCUT2D eigenvalue weighted by molar-refractivity contribution is 0.0474. The number of carbonyl (C=O) groups excluding carboxylic acids is 2. The Balaban J connectivity index is 1.81. The average Bonchev–Trinajstić information content (AvgIpc) is 2.84. The molecule has 0 aliphatic heterocycles. The summed E-state index contributed by atoms with van der Waals surface area (Å²) in [7, 11) is -1.36. The van der Waals surface area contributed by atoms with Crippen LogP contribution in [0.5, 0.6) is 11.5 Å². The predicted octanol–water partition coefficient (Wildman–Crippen LogP) is 5.12. The molecule has 3 rings (SSSR count). The molecule has 1 N–H and O–H groups in total. The molecule has 36 heavy (non-hydrogen) atoms. The van der Waals surface area contributed by atoms with Crippen LogP contribution in [0.25, 0.3) is 0 Å². The average molecular weight is 532 g/mol. The minimum Gasteiger partial charge on any atom is -0.495 e. The molecule has 0 aromatic heterocycles. The van der Waals surface area contributed by atoms with Crippen molar-refractivity contribution in [3.05, 3.63) is 81.4 Å². The number of methoxy groups -OCH3 is 2. The first-order chi connectivity index (χ1) is 17.0. The van der Waals surface area contributed by atoms with E-state index in [1.165, 1.54) is 44.6 Å². The molecule has 0 unspecified atom stereocenters. The maximum Gasteiger partial charge on any atom is 0.338 e. The topological polar surface area (TPSA) is 108 Å². The van der Waals surface area contributed by atoms with Crippen LogP contribution in [-0.4, -0.2) is 41.0 Å². The molecule has 190 valence electrons. The normalized spacial score (nSPS) is 11.1. The zero-order valence-electron chi connectivity index (χ0n) is 20.5. The zero-order chi connectivity index (χ0) is 26.6. The summed E-state index contributed by atoms with van der Waals surface area (Å²) in [4.78, 5) is 24.9. The van der Waals surface area contributed by atoms with Gasteiger partial charge < -0.3 is 14.2 Å². The van der Waals surface area contributed by atoms with Crippen molar-refractivity contribution in [2.75, 3.05) is 25.5 Å². The number of ketones is 1. The third kappa shape index (κ3) is 5.98. The lowest BCUT2D eigenvalue weighted by atomic mass is 10.0. The van der Waals surface area contributed by atoms with Gasteiger partial charge in [-0.3, -0.25) is 9.52 Å². The number of nitrogens with one attached hydrogen (secondary N) is 1. The Kier molecular flexibility index (Phi) is 8.27. The smallest absolute Gasteiger partial charge is 0.338 e. The van der Waals surface area contributed by atoms with Crippen molar-refractivity contribution in [2.24, 2.45) is 0 Å². The Morgan fingerprint density at radius 3 is 2.11 bits per heavy atom. The third-order valence-electron chi connectivity index (χ3n) is 5.59. The number of esters is 1. The summed E-state index contributed by atoms with van der Waals surface area (Å²) in [6.07, 6.45) is 0. The van der Waals surface area contributed by atoms with Crippen molar-refractivity contribution in [1.82, 2.24) is 0 Å². The lowest BCUT2D eigenvalue weighted by Gasteiger charge is -2.15. The number of anilines is 1. The van der Waals surface area contributed by atoms with E-state index in [-0.39, 0.29) is 32.7 Å². The number of rotatable bonds is 9. The second-order valence-electron chi connectivity index (χ2n) is 8.07. The zero-order valence-corrected chi connectivity index (χ0v) is 22.0. The molecule has 0 bridgehead atoms. The largest absolute Gasteiger partial charge is 0.495 e. The molecule has 0 saturated carbocycles. The van der Waals surface area contributed by atoms with Gasteiger partial charge in [-0.2, -0.15) is 0 Å². The van der Waals surface area contributed by atoms with E-state index < -0.39 is 22.6 Å². The van der Waals surface area contributed by atoms with Crippen molar-refractivity contribution >= 4 is 39.1 Å². The van der Waals surface area contributed by atoms with Gasteiger partial charge >= 0.3 is 5.97 Å². The van der Waals surface area contributed by atoms with E-state index in [1.807, 2.05) is 19.9 Å². The van der Waals surface area contributed by atoms with Crippen LogP contribution in [-0.2, 0) is 14.8 Å². The summed E-state index contributed by atoms with van der Waals surface area (Å²) in [6, 6.07) is 12.1. The minimum atomic E-state index is -4.16. The van der Waals surface area contributed by atoms with E-state index in [0.717, 1.165) is 11.1 Å². The molecular formula is C26H26ClNO7S. The molecular weight excluding hydrogens is 506 g/mol. The standard InChI is InChI=1S/C26H26ClNO7S/c1-15-6-8-18(10-17(15)3)22(29)14-35-26(30)19-9-7-16(2)25(11-19)36(31,32)28-21-12-20(27)23(33-4)13-24(21)34-5/h6-13,28H,14H2,1-5H3. The number of Topliss-reactive ketones (excluding diaryl/α,β-unsaturated/α-hetero) is 1. The van der Waals surface area contributed by atoms with Crippen LogP contribution in [0.15, 0.2) is 53.4 Å². The molecule has 8 nitrogen and oxygen atoms in total. The Morgan fingerprint density at radius 2 is 1.47 bits per heavy atom. The molecule has 0 amide bonds. The van der Waals surface area contributed by atoms with Gasteiger partial charge in [0.1, 0.15) is 11.5 Å². The second kappa shape index (κ2) is 11.0. The second-order valence-corrected chi connectivity index (χ2v) is 10.1. The van der Waals surface area contributed by atoms with Gasteiger partial charge in [-0.1, -0.05) is 29.8 Å². The van der Waals surface area contributed by atoms with Gasteiger partial charge in [-0.05, 0) is 61.7 Å². The first-order valence-corrected chi connectivity index (χ1v) is 12.7. The van der Waals surface area contributed by atoms with Crippen LogP contribution in [0, 0.1) is 20.8 Å². The fourth-order valence-corrected chi connectivity index (χ4v) is 4.94. The van der Waals surface area contributed by atoms with Gasteiger partial charge in [0.15, 0.2) is 12.4 Å². The van der Waals surface area contributed by atoms with Gasteiger partial charge in [-0.25, -0.2) is 13.2 Å². The molecule has 0 spiro atoms. The number of ether oxygens (including phenoxy) is 3. The van der Waals surface area contributed by atoms with Gasteiger partial charge in [0, 0.05) is 11.6 Å². The minimum absolute atomic E-state index is 0.0198. The molecule has 0 fully saturated rings. The summed E-state index contributed by atoms with van der Waals surface area (Å²) in [5, 5.41) is 0.179. The summed E-state index contributed by atoms with van der Waals surface area (Å²) < 4.78 is 44.4. The summed E-state index contributed by atoms with van der Waals surface area (Å²) >= 11 is 6.15. The van der Waals surface area contributed by atoms with E-state index in [1.54, 1.807) is 19.1 Å². The molecule has 3 aromatic rings. The maximum absolute atomic E-state index is 13.2. The van der Waals surface area contributed by atoms with Crippen molar-refractivity contribution in [3.8, 4) is 11.5 Å². The van der Waals surface area contributed by atoms with Crippen molar-refractivity contribution in [1.29, 1.82) is 0 Å². The van der Waals surface area contributed by atoms with Crippen LogP contribution in [0.1, 0.15) is 37.4 Å². The Bertz CT molecular complexity index is 1430. The summed E-state index contributed by atoms with van der Waals surface area (Å²) in [6.45, 7) is 4.93. The van der Waals surface area contributed by atoms with E-state index in [9.17, 15) is 18.0 Å². The molecule has 10 heteroatoms. The highest BCUT2D eigenvalue weighted by Gasteiger charge is 2.23. The Labute approximate surface area is 215 Å². The van der Waals surface area contributed by atoms with Crippen LogP contribution >= 0.6 is 11.6 Å². The highest BCUT2D eigenvalue weighted by molar-refractivity contribution is 7.92. The van der Waals surface area contributed by atoms with Gasteiger partial charge in [0.2, 0.25) is 0 Å². The first kappa shape index (κ1) is 27.0. The Morgan fingerprint density at radius 1 is 0.833 bits per heavy atom. The number of benzene rings is 3. The van der Waals surface area contributed by atoms with Gasteiger partial charge in [0.25, 0.3) is 10.0 Å². The molecule has 0 atom stereocenters. The van der Waals surface area contributed by atoms with E-state index >= 15 is 0 Å². The number of aryl methyl sites for hydroxylation is 3. The molecule has 0 saturated heterocycles. The predicted molar refractivity (Wildman–Crippen MR) is 137 cm³/mol. The van der Waals surface area contributed by atoms with Gasteiger partial charge in [0.05, 0.1) is 35.4 Å². The highest BCUT2D eigenvalue weighted by atomic mass is 35.5. The number of carbonyl (C=O) groups is 2. The van der Waals surface area contributed by atoms with E-state index in [4.69, 9.17) is 25.8 Å². The Hall–Kier alpha value is -3.56. The molecule has 0 aliphatic carbocycles. The van der Waals surface area contributed by atoms with E-state index in [0.29, 0.717) is 16.9 Å². The highest BCUT2D eigenvalue weighted by Crippen LogP contribution is 2.37. The molecule has 0 heterocycles. The van der Waals surface area contributed by atoms with E-state index in [2.05, 4.69) is 4.72 Å². The van der Waals surface area contributed by atoms with Gasteiger partial charge in [-0.15, -0.1) is 0 Å².